The number of hydrogen-bond acceptors (Lipinski definition) is 5. The van der Waals surface area contributed by atoms with Crippen LogP contribution in [0.2, 0.25) is 0 Å². The lowest BCUT2D eigenvalue weighted by atomic mass is 10.2. The van der Waals surface area contributed by atoms with Crippen molar-refractivity contribution in [2.24, 2.45) is 0 Å². The Morgan fingerprint density at radius 2 is 1.86 bits per heavy atom. The van der Waals surface area contributed by atoms with Gasteiger partial charge in [0.05, 0.1) is 6.61 Å². The molecule has 0 saturated carbocycles. The molecule has 146 valence electrons. The van der Waals surface area contributed by atoms with Crippen LogP contribution >= 0.6 is 0 Å². The first-order chi connectivity index (χ1) is 13.6. The molecule has 0 aliphatic rings. The number of aromatic nitrogens is 3. The Hall–Kier alpha value is -3.49. The van der Waals surface area contributed by atoms with Crippen molar-refractivity contribution in [3.05, 3.63) is 53.8 Å². The second-order valence-electron chi connectivity index (χ2n) is 5.93. The van der Waals surface area contributed by atoms with Crippen LogP contribution in [0.5, 0.6) is 5.88 Å². The molecule has 0 unspecified atom stereocenters. The summed E-state index contributed by atoms with van der Waals surface area (Å²) in [5.41, 5.74) is 0.919. The van der Waals surface area contributed by atoms with Gasteiger partial charge in [0.2, 0.25) is 23.6 Å². The molecule has 0 atom stereocenters. The number of hydrogen-bond donors (Lipinski definition) is 2. The number of amides is 2. The van der Waals surface area contributed by atoms with Crippen molar-refractivity contribution in [2.45, 2.75) is 26.3 Å². The standard InChI is InChI=1S/C19H20FN5O3/c1-2-28-18-9-5-8-15-23-24-19(25(15)18)22-17(27)11-10-16(26)21-12-13-6-3-4-7-14(13)20/h3-9H,2,10-12H2,1H3,(H,21,26)(H,22,24,27). The fourth-order valence-electron chi connectivity index (χ4n) is 2.59. The van der Waals surface area contributed by atoms with Crippen LogP contribution in [-0.4, -0.2) is 33.0 Å². The van der Waals surface area contributed by atoms with Crippen molar-refractivity contribution >= 4 is 23.4 Å². The highest BCUT2D eigenvalue weighted by atomic mass is 19.1. The number of nitrogens with one attached hydrogen (secondary N) is 2. The molecule has 8 nitrogen and oxygen atoms in total. The summed E-state index contributed by atoms with van der Waals surface area (Å²) in [5, 5.41) is 13.2. The van der Waals surface area contributed by atoms with Gasteiger partial charge in [-0.1, -0.05) is 24.3 Å². The lowest BCUT2D eigenvalue weighted by Crippen LogP contribution is -2.25. The van der Waals surface area contributed by atoms with Gasteiger partial charge in [-0.3, -0.25) is 14.9 Å². The van der Waals surface area contributed by atoms with Crippen molar-refractivity contribution in [1.29, 1.82) is 0 Å². The zero-order chi connectivity index (χ0) is 19.9. The van der Waals surface area contributed by atoms with Crippen molar-refractivity contribution in [3.63, 3.8) is 0 Å². The number of pyridine rings is 1. The van der Waals surface area contributed by atoms with Crippen molar-refractivity contribution in [1.82, 2.24) is 19.9 Å². The van der Waals surface area contributed by atoms with Crippen LogP contribution < -0.4 is 15.4 Å². The molecule has 0 aliphatic carbocycles. The Morgan fingerprint density at radius 1 is 1.07 bits per heavy atom. The number of carbonyl (C=O) groups excluding carboxylic acids is 2. The van der Waals surface area contributed by atoms with Gasteiger partial charge in [0.1, 0.15) is 5.82 Å². The SMILES string of the molecule is CCOc1cccc2nnc(NC(=O)CCC(=O)NCc3ccccc3F)n12. The quantitative estimate of drug-likeness (QED) is 0.620. The fraction of sp³-hybridized carbons (Fsp3) is 0.263. The van der Waals surface area contributed by atoms with E-state index in [9.17, 15) is 14.0 Å². The summed E-state index contributed by atoms with van der Waals surface area (Å²) in [6, 6.07) is 11.4. The van der Waals surface area contributed by atoms with Crippen LogP contribution in [0.3, 0.4) is 0 Å². The van der Waals surface area contributed by atoms with Gasteiger partial charge in [0, 0.05) is 24.9 Å². The normalized spacial score (nSPS) is 10.6. The van der Waals surface area contributed by atoms with E-state index in [1.165, 1.54) is 6.07 Å². The summed E-state index contributed by atoms with van der Waals surface area (Å²) < 4.78 is 20.6. The molecule has 0 radical (unpaired) electrons. The summed E-state index contributed by atoms with van der Waals surface area (Å²) >= 11 is 0. The van der Waals surface area contributed by atoms with Crippen LogP contribution in [0.1, 0.15) is 25.3 Å². The molecule has 3 aromatic rings. The van der Waals surface area contributed by atoms with E-state index in [2.05, 4.69) is 20.8 Å². The number of benzene rings is 1. The number of rotatable bonds is 8. The van der Waals surface area contributed by atoms with Gasteiger partial charge in [-0.25, -0.2) is 8.79 Å². The average molecular weight is 385 g/mol. The lowest BCUT2D eigenvalue weighted by molar-refractivity contribution is -0.124. The highest BCUT2D eigenvalue weighted by Gasteiger charge is 2.14. The number of anilines is 1. The smallest absolute Gasteiger partial charge is 0.238 e. The number of ether oxygens (including phenoxy) is 1. The van der Waals surface area contributed by atoms with Gasteiger partial charge in [-0.05, 0) is 25.1 Å². The summed E-state index contributed by atoms with van der Waals surface area (Å²) in [7, 11) is 0. The van der Waals surface area contributed by atoms with Crippen molar-refractivity contribution in [3.8, 4) is 5.88 Å². The second-order valence-corrected chi connectivity index (χ2v) is 5.93. The van der Waals surface area contributed by atoms with Gasteiger partial charge in [-0.2, -0.15) is 0 Å². The molecule has 0 fully saturated rings. The summed E-state index contributed by atoms with van der Waals surface area (Å²) in [5.74, 6) is -0.399. The van der Waals surface area contributed by atoms with Gasteiger partial charge < -0.3 is 10.1 Å². The van der Waals surface area contributed by atoms with E-state index in [-0.39, 0.29) is 43.0 Å². The van der Waals surface area contributed by atoms with Crippen LogP contribution in [0.25, 0.3) is 5.65 Å². The molecule has 0 bridgehead atoms. The minimum atomic E-state index is -0.387. The first-order valence-electron chi connectivity index (χ1n) is 8.85. The first kappa shape index (κ1) is 19.3. The Labute approximate surface area is 160 Å². The van der Waals surface area contributed by atoms with Crippen LogP contribution in [-0.2, 0) is 16.1 Å². The number of halogens is 1. The molecular weight excluding hydrogens is 365 g/mol. The molecule has 3 rings (SSSR count). The predicted molar refractivity (Wildman–Crippen MR) is 100 cm³/mol. The highest BCUT2D eigenvalue weighted by Crippen LogP contribution is 2.18. The van der Waals surface area contributed by atoms with Crippen LogP contribution in [0, 0.1) is 5.82 Å². The molecule has 1 aromatic carbocycles. The molecule has 28 heavy (non-hydrogen) atoms. The predicted octanol–water partition coefficient (Wildman–Crippen LogP) is 2.30. The Morgan fingerprint density at radius 3 is 2.64 bits per heavy atom. The molecular formula is C19H20FN5O3. The molecule has 9 heteroatoms. The maximum atomic E-state index is 13.5. The lowest BCUT2D eigenvalue weighted by Gasteiger charge is -2.09. The van der Waals surface area contributed by atoms with Gasteiger partial charge in [-0.15, -0.1) is 10.2 Å². The molecule has 2 N–H and O–H groups in total. The minimum Gasteiger partial charge on any atom is -0.479 e. The number of nitrogens with zero attached hydrogens (tertiary/aromatic N) is 3. The van der Waals surface area contributed by atoms with Crippen molar-refractivity contribution in [2.75, 3.05) is 11.9 Å². The third kappa shape index (κ3) is 4.61. The first-order valence-corrected chi connectivity index (χ1v) is 8.85. The molecule has 0 saturated heterocycles. The Bertz CT molecular complexity index is 989. The third-order valence-electron chi connectivity index (χ3n) is 3.95. The molecule has 2 aromatic heterocycles. The number of carbonyl (C=O) groups is 2. The molecule has 2 heterocycles. The minimum absolute atomic E-state index is 0.0324. The summed E-state index contributed by atoms with van der Waals surface area (Å²) in [6.45, 7) is 2.37. The van der Waals surface area contributed by atoms with E-state index in [1.807, 2.05) is 6.92 Å². The Kier molecular flexibility index (Phi) is 6.15. The maximum absolute atomic E-state index is 13.5. The topological polar surface area (TPSA) is 97.6 Å². The van der Waals surface area contributed by atoms with Gasteiger partial charge in [0.15, 0.2) is 5.65 Å². The van der Waals surface area contributed by atoms with Crippen molar-refractivity contribution < 1.29 is 18.7 Å². The van der Waals surface area contributed by atoms with E-state index in [0.717, 1.165) is 0 Å². The highest BCUT2D eigenvalue weighted by molar-refractivity contribution is 5.92. The molecule has 0 aliphatic heterocycles. The van der Waals surface area contributed by atoms with Crippen LogP contribution in [0.4, 0.5) is 10.3 Å². The largest absolute Gasteiger partial charge is 0.479 e. The van der Waals surface area contributed by atoms with E-state index >= 15 is 0 Å². The zero-order valence-corrected chi connectivity index (χ0v) is 15.3. The van der Waals surface area contributed by atoms with E-state index in [4.69, 9.17) is 4.74 Å². The number of fused-ring (bicyclic) bond motifs is 1. The average Bonchev–Trinajstić information content (AvgIpc) is 3.10. The van der Waals surface area contributed by atoms with E-state index in [1.54, 1.807) is 40.8 Å². The molecule has 0 spiro atoms. The Balaban J connectivity index is 1.54. The van der Waals surface area contributed by atoms with E-state index < -0.39 is 0 Å². The van der Waals surface area contributed by atoms with Gasteiger partial charge in [0.25, 0.3) is 0 Å². The monoisotopic (exact) mass is 385 g/mol. The second kappa shape index (κ2) is 8.94. The summed E-state index contributed by atoms with van der Waals surface area (Å²) in [4.78, 5) is 24.1. The fourth-order valence-corrected chi connectivity index (χ4v) is 2.59. The maximum Gasteiger partial charge on any atom is 0.238 e. The zero-order valence-electron chi connectivity index (χ0n) is 15.3. The summed E-state index contributed by atoms with van der Waals surface area (Å²) in [6.07, 6.45) is -0.0792. The van der Waals surface area contributed by atoms with E-state index in [0.29, 0.717) is 23.7 Å². The third-order valence-corrected chi connectivity index (χ3v) is 3.95. The molecule has 2 amide bonds. The van der Waals surface area contributed by atoms with Gasteiger partial charge >= 0.3 is 0 Å². The van der Waals surface area contributed by atoms with Crippen LogP contribution in [0.15, 0.2) is 42.5 Å².